The van der Waals surface area contributed by atoms with Gasteiger partial charge >= 0.3 is 0 Å². The van der Waals surface area contributed by atoms with Crippen molar-refractivity contribution < 1.29 is 27.2 Å². The van der Waals surface area contributed by atoms with Gasteiger partial charge in [0.25, 0.3) is 0 Å². The van der Waals surface area contributed by atoms with E-state index in [1.165, 1.54) is 4.31 Å². The summed E-state index contributed by atoms with van der Waals surface area (Å²) < 4.78 is 44.2. The lowest BCUT2D eigenvalue weighted by Crippen LogP contribution is -2.41. The van der Waals surface area contributed by atoms with Crippen LogP contribution < -0.4 is 14.8 Å². The molecular formula is C26H29N3O6S. The molecule has 1 saturated heterocycles. The number of aryl methyl sites for hydroxylation is 1. The molecule has 1 aliphatic heterocycles. The Hall–Kier alpha value is -3.63. The number of hydrogen-bond acceptors (Lipinski definition) is 7. The van der Waals surface area contributed by atoms with Gasteiger partial charge in [0.05, 0.1) is 19.9 Å². The number of nitrogens with zero attached hydrogens (tertiary/aromatic N) is 2. The fraction of sp³-hybridized carbons (Fsp3) is 0.308. The zero-order valence-electron chi connectivity index (χ0n) is 20.4. The molecule has 4 rings (SSSR count). The second-order valence-electron chi connectivity index (χ2n) is 8.44. The van der Waals surface area contributed by atoms with E-state index in [4.69, 9.17) is 14.0 Å². The number of anilines is 1. The van der Waals surface area contributed by atoms with Crippen molar-refractivity contribution in [2.45, 2.75) is 24.7 Å². The SMILES string of the molecule is COc1ccc(/C=C\c2onc(C)c2S(=O)(=O)N2CCC(C(=O)Nc3ccccc3OC)CC2)cc1. The average molecular weight is 512 g/mol. The Balaban J connectivity index is 1.44. The van der Waals surface area contributed by atoms with Crippen molar-refractivity contribution in [3.05, 3.63) is 65.5 Å². The Labute approximate surface area is 210 Å². The van der Waals surface area contributed by atoms with E-state index in [2.05, 4.69) is 10.5 Å². The number of amides is 1. The first kappa shape index (κ1) is 25.5. The van der Waals surface area contributed by atoms with Gasteiger partial charge in [-0.2, -0.15) is 4.31 Å². The highest BCUT2D eigenvalue weighted by atomic mass is 32.2. The number of benzene rings is 2. The molecule has 2 heterocycles. The standard InChI is InChI=1S/C26H29N3O6S/c1-18-25(24(35-28-18)13-10-19-8-11-21(33-2)12-9-19)36(31,32)29-16-14-20(15-17-29)26(30)27-22-6-4-5-7-23(22)34-3/h4-13,20H,14-17H2,1-3H3,(H,27,30)/b13-10-. The van der Waals surface area contributed by atoms with E-state index in [1.54, 1.807) is 45.4 Å². The van der Waals surface area contributed by atoms with Crippen LogP contribution >= 0.6 is 0 Å². The highest BCUT2D eigenvalue weighted by molar-refractivity contribution is 7.89. The molecule has 3 aromatic rings. The number of carbonyl (C=O) groups is 1. The lowest BCUT2D eigenvalue weighted by atomic mass is 9.97. The third-order valence-electron chi connectivity index (χ3n) is 6.16. The number of rotatable bonds is 8. The lowest BCUT2D eigenvalue weighted by Gasteiger charge is -2.30. The van der Waals surface area contributed by atoms with Crippen molar-refractivity contribution in [2.24, 2.45) is 5.92 Å². The third-order valence-corrected chi connectivity index (χ3v) is 8.22. The molecule has 1 N–H and O–H groups in total. The summed E-state index contributed by atoms with van der Waals surface area (Å²) in [4.78, 5) is 12.9. The van der Waals surface area contributed by atoms with Crippen LogP contribution in [0, 0.1) is 12.8 Å². The molecule has 1 fully saturated rings. The van der Waals surface area contributed by atoms with Crippen molar-refractivity contribution >= 4 is 33.8 Å². The third kappa shape index (κ3) is 5.44. The van der Waals surface area contributed by atoms with Gasteiger partial charge in [-0.25, -0.2) is 8.42 Å². The summed E-state index contributed by atoms with van der Waals surface area (Å²) in [6, 6.07) is 14.5. The van der Waals surface area contributed by atoms with Crippen LogP contribution in [0.2, 0.25) is 0 Å². The van der Waals surface area contributed by atoms with Crippen molar-refractivity contribution in [1.82, 2.24) is 9.46 Å². The molecule has 9 nitrogen and oxygen atoms in total. The maximum absolute atomic E-state index is 13.5. The first-order valence-corrected chi connectivity index (χ1v) is 13.0. The molecule has 1 amide bonds. The molecule has 1 aromatic heterocycles. The van der Waals surface area contributed by atoms with Crippen LogP contribution in [0.3, 0.4) is 0 Å². The molecule has 2 aromatic carbocycles. The van der Waals surface area contributed by atoms with Crippen LogP contribution in [-0.2, 0) is 14.8 Å². The second-order valence-corrected chi connectivity index (χ2v) is 10.3. The summed E-state index contributed by atoms with van der Waals surface area (Å²) in [5.74, 6) is 1.01. The van der Waals surface area contributed by atoms with Crippen LogP contribution in [0.5, 0.6) is 11.5 Å². The summed E-state index contributed by atoms with van der Waals surface area (Å²) in [5.41, 5.74) is 1.74. The van der Waals surface area contributed by atoms with E-state index in [0.29, 0.717) is 30.0 Å². The molecular weight excluding hydrogens is 482 g/mol. The molecule has 0 atom stereocenters. The van der Waals surface area contributed by atoms with Crippen molar-refractivity contribution in [1.29, 1.82) is 0 Å². The predicted molar refractivity (Wildman–Crippen MR) is 136 cm³/mol. The highest BCUT2D eigenvalue weighted by Crippen LogP contribution is 2.30. The number of ether oxygens (including phenoxy) is 2. The molecule has 0 spiro atoms. The van der Waals surface area contributed by atoms with Gasteiger partial charge in [0.1, 0.15) is 17.2 Å². The smallest absolute Gasteiger partial charge is 0.248 e. The van der Waals surface area contributed by atoms with E-state index in [1.807, 2.05) is 36.4 Å². The fourth-order valence-electron chi connectivity index (χ4n) is 4.16. The van der Waals surface area contributed by atoms with E-state index in [0.717, 1.165) is 11.3 Å². The molecule has 0 radical (unpaired) electrons. The lowest BCUT2D eigenvalue weighted by molar-refractivity contribution is -0.120. The number of methoxy groups -OCH3 is 2. The first-order valence-electron chi connectivity index (χ1n) is 11.6. The van der Waals surface area contributed by atoms with Crippen LogP contribution in [0.4, 0.5) is 5.69 Å². The maximum atomic E-state index is 13.5. The van der Waals surface area contributed by atoms with Gasteiger partial charge in [-0.3, -0.25) is 4.79 Å². The molecule has 190 valence electrons. The average Bonchev–Trinajstić information content (AvgIpc) is 3.29. The zero-order valence-corrected chi connectivity index (χ0v) is 21.2. The maximum Gasteiger partial charge on any atom is 0.248 e. The minimum Gasteiger partial charge on any atom is -0.497 e. The van der Waals surface area contributed by atoms with Gasteiger partial charge < -0.3 is 19.3 Å². The van der Waals surface area contributed by atoms with Crippen molar-refractivity contribution in [3.63, 3.8) is 0 Å². The Morgan fingerprint density at radius 1 is 1.06 bits per heavy atom. The molecule has 0 unspecified atom stereocenters. The Bertz CT molecular complexity index is 1340. The molecule has 1 aliphatic rings. The minimum absolute atomic E-state index is 0.0455. The van der Waals surface area contributed by atoms with Crippen molar-refractivity contribution in [2.75, 3.05) is 32.6 Å². The normalized spacial score (nSPS) is 15.2. The fourth-order valence-corrected chi connectivity index (χ4v) is 5.88. The molecule has 0 aliphatic carbocycles. The largest absolute Gasteiger partial charge is 0.497 e. The van der Waals surface area contributed by atoms with E-state index >= 15 is 0 Å². The summed E-state index contributed by atoms with van der Waals surface area (Å²) >= 11 is 0. The topological polar surface area (TPSA) is 111 Å². The number of carbonyl (C=O) groups excluding carboxylic acids is 1. The molecule has 10 heteroatoms. The van der Waals surface area contributed by atoms with E-state index in [9.17, 15) is 13.2 Å². The van der Waals surface area contributed by atoms with Gasteiger partial charge in [-0.15, -0.1) is 0 Å². The van der Waals surface area contributed by atoms with Crippen LogP contribution in [0.1, 0.15) is 29.9 Å². The predicted octanol–water partition coefficient (Wildman–Crippen LogP) is 4.21. The molecule has 0 bridgehead atoms. The Morgan fingerprint density at radius 2 is 1.75 bits per heavy atom. The van der Waals surface area contributed by atoms with Gasteiger partial charge in [-0.05, 0) is 55.7 Å². The van der Waals surface area contributed by atoms with Crippen LogP contribution in [0.15, 0.2) is 57.9 Å². The zero-order chi connectivity index (χ0) is 25.7. The Morgan fingerprint density at radius 3 is 2.42 bits per heavy atom. The summed E-state index contributed by atoms with van der Waals surface area (Å²) in [5, 5.41) is 6.79. The summed E-state index contributed by atoms with van der Waals surface area (Å²) in [7, 11) is -0.724. The number of aromatic nitrogens is 1. The van der Waals surface area contributed by atoms with Gasteiger partial charge in [-0.1, -0.05) is 35.5 Å². The number of nitrogens with one attached hydrogen (secondary N) is 1. The van der Waals surface area contributed by atoms with E-state index < -0.39 is 10.0 Å². The van der Waals surface area contributed by atoms with E-state index in [-0.39, 0.29) is 35.6 Å². The Kier molecular flexibility index (Phi) is 7.76. The van der Waals surface area contributed by atoms with Gasteiger partial charge in [0.2, 0.25) is 15.9 Å². The summed E-state index contributed by atoms with van der Waals surface area (Å²) in [6.45, 7) is 2.05. The first-order chi connectivity index (χ1) is 17.3. The minimum atomic E-state index is -3.86. The monoisotopic (exact) mass is 511 g/mol. The van der Waals surface area contributed by atoms with Crippen molar-refractivity contribution in [3.8, 4) is 11.5 Å². The molecule has 0 saturated carbocycles. The van der Waals surface area contributed by atoms with Gasteiger partial charge in [0, 0.05) is 19.0 Å². The number of para-hydroxylation sites is 2. The molecule has 36 heavy (non-hydrogen) atoms. The quantitative estimate of drug-likeness (QED) is 0.482. The number of sulfonamides is 1. The van der Waals surface area contributed by atoms with Crippen LogP contribution in [-0.4, -0.2) is 51.1 Å². The summed E-state index contributed by atoms with van der Waals surface area (Å²) in [6.07, 6.45) is 4.16. The van der Waals surface area contributed by atoms with Crippen LogP contribution in [0.25, 0.3) is 12.2 Å². The highest BCUT2D eigenvalue weighted by Gasteiger charge is 2.36. The van der Waals surface area contributed by atoms with Gasteiger partial charge in [0.15, 0.2) is 10.7 Å². The number of piperidine rings is 1. The second kappa shape index (κ2) is 11.0. The number of hydrogen-bond donors (Lipinski definition) is 1.